The molecule has 158 valence electrons. The topological polar surface area (TPSA) is 87.7 Å². The van der Waals surface area contributed by atoms with E-state index in [-0.39, 0.29) is 23.1 Å². The van der Waals surface area contributed by atoms with E-state index in [9.17, 15) is 9.59 Å². The lowest BCUT2D eigenvalue weighted by Crippen LogP contribution is -2.23. The number of benzene rings is 2. The molecule has 0 radical (unpaired) electrons. The molecule has 31 heavy (non-hydrogen) atoms. The molecule has 6 nitrogen and oxygen atoms in total. The van der Waals surface area contributed by atoms with Crippen LogP contribution in [0.15, 0.2) is 58.5 Å². The van der Waals surface area contributed by atoms with Crippen LogP contribution in [0.25, 0.3) is 10.2 Å². The van der Waals surface area contributed by atoms with Crippen LogP contribution in [-0.2, 0) is 11.2 Å². The molecule has 0 fully saturated rings. The van der Waals surface area contributed by atoms with Crippen molar-refractivity contribution in [2.24, 2.45) is 0 Å². The molecule has 0 saturated carbocycles. The van der Waals surface area contributed by atoms with Crippen LogP contribution in [0.4, 0.5) is 5.13 Å². The van der Waals surface area contributed by atoms with E-state index in [1.54, 1.807) is 25.1 Å². The van der Waals surface area contributed by atoms with Crippen molar-refractivity contribution < 1.29 is 4.79 Å². The van der Waals surface area contributed by atoms with Gasteiger partial charge in [-0.05, 0) is 37.6 Å². The number of carbonyl (C=O) groups is 1. The summed E-state index contributed by atoms with van der Waals surface area (Å²) in [6.45, 7) is 3.80. The average molecular weight is 471 g/mol. The van der Waals surface area contributed by atoms with E-state index in [2.05, 4.69) is 27.2 Å². The number of anilines is 1. The third-order valence-electron chi connectivity index (χ3n) is 4.69. The first kappa shape index (κ1) is 21.5. The maximum atomic E-state index is 12.6. The molecule has 4 aromatic rings. The van der Waals surface area contributed by atoms with Gasteiger partial charge in [0.2, 0.25) is 5.91 Å². The molecule has 0 bridgehead atoms. The Hall–Kier alpha value is -2.68. The molecule has 9 heteroatoms. The van der Waals surface area contributed by atoms with Crippen molar-refractivity contribution >= 4 is 56.0 Å². The lowest BCUT2D eigenvalue weighted by molar-refractivity contribution is -0.115. The van der Waals surface area contributed by atoms with Crippen LogP contribution in [0.5, 0.6) is 0 Å². The third-order valence-corrected chi connectivity index (χ3v) is 6.90. The number of halogens is 1. The second-order valence-corrected chi connectivity index (χ2v) is 9.76. The van der Waals surface area contributed by atoms with Gasteiger partial charge in [-0.15, -0.1) is 0 Å². The number of aromatic amines is 1. The molecule has 4 rings (SSSR count). The van der Waals surface area contributed by atoms with Gasteiger partial charge < -0.3 is 10.3 Å². The number of aryl methyl sites for hydroxylation is 1. The van der Waals surface area contributed by atoms with Crippen molar-refractivity contribution in [3.63, 3.8) is 0 Å². The summed E-state index contributed by atoms with van der Waals surface area (Å²) in [5.41, 5.74) is 2.49. The first-order valence-corrected chi connectivity index (χ1v) is 11.6. The van der Waals surface area contributed by atoms with Crippen LogP contribution in [0, 0.1) is 6.92 Å². The Bertz CT molecular complexity index is 1300. The number of fused-ring (bicyclic) bond motifs is 1. The lowest BCUT2D eigenvalue weighted by atomic mass is 10.1. The molecule has 1 unspecified atom stereocenters. The summed E-state index contributed by atoms with van der Waals surface area (Å²) in [7, 11) is 0. The minimum Gasteiger partial charge on any atom is -0.302 e. The SMILES string of the molecule is Cc1nc(SC(C)c2ccccc2)[nH]c(=O)c1CC(=O)Nc1nc2ccc(Cl)cc2s1. The molecule has 1 amide bonds. The Labute approximate surface area is 192 Å². The molecular formula is C22H19ClN4O2S2. The second-order valence-electron chi connectivity index (χ2n) is 6.96. The van der Waals surface area contributed by atoms with Gasteiger partial charge in [0.05, 0.1) is 16.6 Å². The molecule has 0 aliphatic carbocycles. The van der Waals surface area contributed by atoms with Crippen LogP contribution in [-0.4, -0.2) is 20.9 Å². The predicted octanol–water partition coefficient (Wildman–Crippen LogP) is 5.38. The number of H-pyrrole nitrogens is 1. The highest BCUT2D eigenvalue weighted by Gasteiger charge is 2.16. The Morgan fingerprint density at radius 1 is 1.23 bits per heavy atom. The zero-order valence-electron chi connectivity index (χ0n) is 16.8. The summed E-state index contributed by atoms with van der Waals surface area (Å²) in [4.78, 5) is 36.8. The van der Waals surface area contributed by atoms with Gasteiger partial charge in [-0.2, -0.15) is 0 Å². The smallest absolute Gasteiger partial charge is 0.255 e. The molecule has 2 aromatic heterocycles. The van der Waals surface area contributed by atoms with E-state index >= 15 is 0 Å². The van der Waals surface area contributed by atoms with E-state index < -0.39 is 0 Å². The Morgan fingerprint density at radius 3 is 2.74 bits per heavy atom. The predicted molar refractivity (Wildman–Crippen MR) is 127 cm³/mol. The van der Waals surface area contributed by atoms with E-state index in [1.165, 1.54) is 23.1 Å². The maximum absolute atomic E-state index is 12.6. The molecule has 0 aliphatic heterocycles. The Kier molecular flexibility index (Phi) is 6.41. The van der Waals surface area contributed by atoms with E-state index in [1.807, 2.05) is 30.3 Å². The molecule has 0 spiro atoms. The van der Waals surface area contributed by atoms with Crippen LogP contribution >= 0.6 is 34.7 Å². The summed E-state index contributed by atoms with van der Waals surface area (Å²) in [5.74, 6) is -0.321. The molecule has 2 heterocycles. The lowest BCUT2D eigenvalue weighted by Gasteiger charge is -2.12. The van der Waals surface area contributed by atoms with E-state index in [0.29, 0.717) is 26.6 Å². The fraction of sp³-hybridized carbons (Fsp3) is 0.182. The number of amides is 1. The zero-order valence-corrected chi connectivity index (χ0v) is 19.2. The number of thioether (sulfide) groups is 1. The van der Waals surface area contributed by atoms with Crippen molar-refractivity contribution in [1.29, 1.82) is 0 Å². The fourth-order valence-electron chi connectivity index (χ4n) is 3.08. The minimum absolute atomic E-state index is 0.0793. The first-order chi connectivity index (χ1) is 14.9. The van der Waals surface area contributed by atoms with Crippen LogP contribution in [0.3, 0.4) is 0 Å². The number of carbonyl (C=O) groups excluding carboxylic acids is 1. The largest absolute Gasteiger partial charge is 0.302 e. The number of aromatic nitrogens is 3. The number of hydrogen-bond donors (Lipinski definition) is 2. The number of rotatable bonds is 6. The van der Waals surface area contributed by atoms with Crippen molar-refractivity contribution in [2.75, 3.05) is 5.32 Å². The van der Waals surface area contributed by atoms with Crippen molar-refractivity contribution in [1.82, 2.24) is 15.0 Å². The number of thiazole rings is 1. The van der Waals surface area contributed by atoms with Crippen LogP contribution < -0.4 is 10.9 Å². The molecule has 2 N–H and O–H groups in total. The summed E-state index contributed by atoms with van der Waals surface area (Å²) < 4.78 is 0.882. The first-order valence-electron chi connectivity index (χ1n) is 9.56. The van der Waals surface area contributed by atoms with Gasteiger partial charge in [-0.3, -0.25) is 9.59 Å². The van der Waals surface area contributed by atoms with Gasteiger partial charge in [0.15, 0.2) is 10.3 Å². The van der Waals surface area contributed by atoms with Crippen LogP contribution in [0.1, 0.15) is 29.0 Å². The van der Waals surface area contributed by atoms with E-state index in [0.717, 1.165) is 15.8 Å². The molecule has 2 aromatic carbocycles. The Balaban J connectivity index is 1.46. The van der Waals surface area contributed by atoms with Crippen molar-refractivity contribution in [3.8, 4) is 0 Å². The second kappa shape index (κ2) is 9.21. The highest BCUT2D eigenvalue weighted by Crippen LogP contribution is 2.32. The zero-order chi connectivity index (χ0) is 22.0. The van der Waals surface area contributed by atoms with Crippen molar-refractivity contribution in [3.05, 3.63) is 80.7 Å². The van der Waals surface area contributed by atoms with Crippen LogP contribution in [0.2, 0.25) is 5.02 Å². The summed E-state index contributed by atoms with van der Waals surface area (Å²) in [6.07, 6.45) is -0.0793. The van der Waals surface area contributed by atoms with Gasteiger partial charge in [0, 0.05) is 21.5 Å². The maximum Gasteiger partial charge on any atom is 0.255 e. The number of nitrogens with one attached hydrogen (secondary N) is 2. The molecule has 0 saturated heterocycles. The van der Waals surface area contributed by atoms with Gasteiger partial charge in [0.1, 0.15) is 0 Å². The molecular weight excluding hydrogens is 452 g/mol. The summed E-state index contributed by atoms with van der Waals surface area (Å²) >= 11 is 8.81. The third kappa shape index (κ3) is 5.15. The number of hydrogen-bond acceptors (Lipinski definition) is 6. The van der Waals surface area contributed by atoms with Gasteiger partial charge >= 0.3 is 0 Å². The van der Waals surface area contributed by atoms with Crippen molar-refractivity contribution in [2.45, 2.75) is 30.7 Å². The Morgan fingerprint density at radius 2 is 2.00 bits per heavy atom. The average Bonchev–Trinajstić information content (AvgIpc) is 3.12. The van der Waals surface area contributed by atoms with Gasteiger partial charge in [-0.1, -0.05) is 65.0 Å². The van der Waals surface area contributed by atoms with E-state index in [4.69, 9.17) is 11.6 Å². The standard InChI is InChI=1S/C22H19ClN4O2S2/c1-12-16(11-19(28)26-22-25-17-9-8-15(23)10-18(17)31-22)20(29)27-21(24-12)30-13(2)14-6-4-3-5-7-14/h3-10,13H,11H2,1-2H3,(H,24,27,29)(H,25,26,28). The summed E-state index contributed by atoms with van der Waals surface area (Å²) in [5, 5.41) is 4.50. The number of nitrogens with zero attached hydrogens (tertiary/aromatic N) is 2. The summed E-state index contributed by atoms with van der Waals surface area (Å²) in [6, 6.07) is 15.4. The fourth-order valence-corrected chi connectivity index (χ4v) is 5.21. The highest BCUT2D eigenvalue weighted by molar-refractivity contribution is 7.99. The monoisotopic (exact) mass is 470 g/mol. The normalized spacial score (nSPS) is 12.1. The highest BCUT2D eigenvalue weighted by atomic mass is 35.5. The van der Waals surface area contributed by atoms with Gasteiger partial charge in [0.25, 0.3) is 5.56 Å². The molecule has 0 aliphatic rings. The quantitative estimate of drug-likeness (QED) is 0.292. The molecule has 1 atom stereocenters. The van der Waals surface area contributed by atoms with Gasteiger partial charge in [-0.25, -0.2) is 9.97 Å². The minimum atomic E-state index is -0.321.